The Morgan fingerprint density at radius 1 is 1.31 bits per heavy atom. The molecule has 0 aliphatic carbocycles. The molecule has 0 saturated carbocycles. The maximum atomic E-state index is 5.47. The summed E-state index contributed by atoms with van der Waals surface area (Å²) in [6.07, 6.45) is 5.47. The van der Waals surface area contributed by atoms with Crippen molar-refractivity contribution in [3.8, 4) is 12.3 Å². The SMILES string of the molecule is C#Cc1cc(CS)cc(N2CCNCC2)c1. The van der Waals surface area contributed by atoms with Crippen LogP contribution in [0.3, 0.4) is 0 Å². The van der Waals surface area contributed by atoms with Gasteiger partial charge in [0.15, 0.2) is 0 Å². The van der Waals surface area contributed by atoms with Crippen molar-refractivity contribution < 1.29 is 0 Å². The molecule has 0 spiro atoms. The molecule has 1 aromatic carbocycles. The summed E-state index contributed by atoms with van der Waals surface area (Å²) in [5.74, 6) is 3.44. The molecule has 0 atom stereocenters. The van der Waals surface area contributed by atoms with Crippen molar-refractivity contribution >= 4 is 18.3 Å². The van der Waals surface area contributed by atoms with Gasteiger partial charge in [-0.25, -0.2) is 0 Å². The molecular weight excluding hydrogens is 216 g/mol. The normalized spacial score (nSPS) is 15.9. The van der Waals surface area contributed by atoms with Gasteiger partial charge in [-0.2, -0.15) is 12.6 Å². The standard InChI is InChI=1S/C13H16N2S/c1-2-11-7-12(10-16)9-13(8-11)15-5-3-14-4-6-15/h1,7-9,14,16H,3-6,10H2. The van der Waals surface area contributed by atoms with Gasteiger partial charge in [-0.3, -0.25) is 0 Å². The summed E-state index contributed by atoms with van der Waals surface area (Å²) in [6, 6.07) is 6.29. The fourth-order valence-electron chi connectivity index (χ4n) is 1.95. The van der Waals surface area contributed by atoms with Gasteiger partial charge in [0.05, 0.1) is 0 Å². The van der Waals surface area contributed by atoms with Gasteiger partial charge in [0.1, 0.15) is 0 Å². The second-order valence-electron chi connectivity index (χ2n) is 3.93. The Bertz CT molecular complexity index is 403. The van der Waals surface area contributed by atoms with Crippen LogP contribution in [0.2, 0.25) is 0 Å². The van der Waals surface area contributed by atoms with Crippen LogP contribution < -0.4 is 10.2 Å². The van der Waals surface area contributed by atoms with Crippen LogP contribution in [0.1, 0.15) is 11.1 Å². The molecule has 0 aromatic heterocycles. The minimum absolute atomic E-state index is 0.731. The average Bonchev–Trinajstić information content (AvgIpc) is 2.39. The number of benzene rings is 1. The van der Waals surface area contributed by atoms with E-state index in [0.29, 0.717) is 0 Å². The summed E-state index contributed by atoms with van der Waals surface area (Å²) in [4.78, 5) is 2.37. The maximum Gasteiger partial charge on any atom is 0.0382 e. The minimum atomic E-state index is 0.731. The number of nitrogens with one attached hydrogen (secondary N) is 1. The zero-order valence-electron chi connectivity index (χ0n) is 9.24. The highest BCUT2D eigenvalue weighted by Gasteiger charge is 2.11. The van der Waals surface area contributed by atoms with E-state index >= 15 is 0 Å². The number of anilines is 1. The fraction of sp³-hybridized carbons (Fsp3) is 0.385. The molecule has 3 heteroatoms. The van der Waals surface area contributed by atoms with E-state index in [1.54, 1.807) is 0 Å². The molecule has 1 aromatic rings. The van der Waals surface area contributed by atoms with Gasteiger partial charge < -0.3 is 10.2 Å². The van der Waals surface area contributed by atoms with Gasteiger partial charge in [-0.1, -0.05) is 5.92 Å². The van der Waals surface area contributed by atoms with E-state index < -0.39 is 0 Å². The van der Waals surface area contributed by atoms with E-state index in [2.05, 4.69) is 40.9 Å². The van der Waals surface area contributed by atoms with Crippen molar-refractivity contribution in [2.75, 3.05) is 31.1 Å². The van der Waals surface area contributed by atoms with Crippen LogP contribution in [-0.2, 0) is 5.75 Å². The van der Waals surface area contributed by atoms with E-state index in [0.717, 1.165) is 37.5 Å². The molecule has 1 aliphatic rings. The second kappa shape index (κ2) is 5.29. The van der Waals surface area contributed by atoms with Crippen molar-refractivity contribution in [3.05, 3.63) is 29.3 Å². The number of hydrogen-bond acceptors (Lipinski definition) is 3. The molecule has 84 valence electrons. The van der Waals surface area contributed by atoms with Gasteiger partial charge in [0.2, 0.25) is 0 Å². The lowest BCUT2D eigenvalue weighted by atomic mass is 10.1. The number of rotatable bonds is 2. The molecule has 1 fully saturated rings. The number of thiol groups is 1. The van der Waals surface area contributed by atoms with Gasteiger partial charge in [-0.15, -0.1) is 6.42 Å². The molecule has 1 heterocycles. The Kier molecular flexibility index (Phi) is 3.76. The summed E-state index contributed by atoms with van der Waals surface area (Å²) in [5.41, 5.74) is 3.35. The first-order valence-corrected chi connectivity index (χ1v) is 6.14. The molecule has 16 heavy (non-hydrogen) atoms. The van der Waals surface area contributed by atoms with Crippen LogP contribution >= 0.6 is 12.6 Å². The van der Waals surface area contributed by atoms with Crippen LogP contribution in [0.15, 0.2) is 18.2 Å². The molecular formula is C13H16N2S. The van der Waals surface area contributed by atoms with Gasteiger partial charge in [-0.05, 0) is 23.8 Å². The first-order valence-electron chi connectivity index (χ1n) is 5.50. The Balaban J connectivity index is 2.28. The third-order valence-electron chi connectivity index (χ3n) is 2.81. The first kappa shape index (κ1) is 11.4. The van der Waals surface area contributed by atoms with E-state index in [-0.39, 0.29) is 0 Å². The average molecular weight is 232 g/mol. The van der Waals surface area contributed by atoms with Crippen molar-refractivity contribution in [2.24, 2.45) is 0 Å². The van der Waals surface area contributed by atoms with Crippen LogP contribution in [0.4, 0.5) is 5.69 Å². The van der Waals surface area contributed by atoms with Crippen LogP contribution in [0, 0.1) is 12.3 Å². The Morgan fingerprint density at radius 2 is 2.06 bits per heavy atom. The molecule has 0 radical (unpaired) electrons. The summed E-state index contributed by atoms with van der Waals surface area (Å²) in [6.45, 7) is 4.16. The van der Waals surface area contributed by atoms with E-state index in [4.69, 9.17) is 6.42 Å². The predicted molar refractivity (Wildman–Crippen MR) is 72.1 cm³/mol. The lowest BCUT2D eigenvalue weighted by molar-refractivity contribution is 0.589. The molecule has 0 unspecified atom stereocenters. The number of piperazine rings is 1. The van der Waals surface area contributed by atoms with E-state index in [1.165, 1.54) is 11.3 Å². The summed E-state index contributed by atoms with van der Waals surface area (Å²) in [7, 11) is 0. The van der Waals surface area contributed by atoms with Crippen LogP contribution in [0.25, 0.3) is 0 Å². The van der Waals surface area contributed by atoms with Crippen LogP contribution in [0.5, 0.6) is 0 Å². The minimum Gasteiger partial charge on any atom is -0.369 e. The fourth-order valence-corrected chi connectivity index (χ4v) is 2.14. The number of terminal acetylenes is 1. The molecule has 1 saturated heterocycles. The van der Waals surface area contributed by atoms with Crippen molar-refractivity contribution in [3.63, 3.8) is 0 Å². The predicted octanol–water partition coefficient (Wildman–Crippen LogP) is 1.51. The Morgan fingerprint density at radius 3 is 2.69 bits per heavy atom. The van der Waals surface area contributed by atoms with Crippen LogP contribution in [-0.4, -0.2) is 26.2 Å². The largest absolute Gasteiger partial charge is 0.369 e. The molecule has 1 N–H and O–H groups in total. The highest BCUT2D eigenvalue weighted by Crippen LogP contribution is 2.20. The molecule has 2 rings (SSSR count). The molecule has 0 bridgehead atoms. The van der Waals surface area contributed by atoms with Crippen molar-refractivity contribution in [1.82, 2.24) is 5.32 Å². The highest BCUT2D eigenvalue weighted by atomic mass is 32.1. The monoisotopic (exact) mass is 232 g/mol. The van der Waals surface area contributed by atoms with Gasteiger partial charge >= 0.3 is 0 Å². The summed E-state index contributed by atoms with van der Waals surface area (Å²) in [5, 5.41) is 3.34. The van der Waals surface area contributed by atoms with Crippen molar-refractivity contribution in [1.29, 1.82) is 0 Å². The molecule has 1 aliphatic heterocycles. The zero-order valence-corrected chi connectivity index (χ0v) is 10.1. The smallest absolute Gasteiger partial charge is 0.0382 e. The first-order chi connectivity index (χ1) is 7.83. The van der Waals surface area contributed by atoms with E-state index in [9.17, 15) is 0 Å². The van der Waals surface area contributed by atoms with Crippen molar-refractivity contribution in [2.45, 2.75) is 5.75 Å². The van der Waals surface area contributed by atoms with Gasteiger partial charge in [0.25, 0.3) is 0 Å². The number of hydrogen-bond donors (Lipinski definition) is 2. The second-order valence-corrected chi connectivity index (χ2v) is 4.24. The zero-order chi connectivity index (χ0) is 11.4. The lowest BCUT2D eigenvalue weighted by Crippen LogP contribution is -2.43. The lowest BCUT2D eigenvalue weighted by Gasteiger charge is -2.30. The maximum absolute atomic E-state index is 5.47. The third-order valence-corrected chi connectivity index (χ3v) is 3.17. The molecule has 0 amide bonds. The quantitative estimate of drug-likeness (QED) is 0.593. The topological polar surface area (TPSA) is 15.3 Å². The summed E-state index contributed by atoms with van der Waals surface area (Å²) >= 11 is 4.31. The third kappa shape index (κ3) is 2.52. The molecule has 2 nitrogen and oxygen atoms in total. The van der Waals surface area contributed by atoms with Gasteiger partial charge in [0, 0.05) is 43.2 Å². The van der Waals surface area contributed by atoms with E-state index in [1.807, 2.05) is 6.07 Å². The Labute approximate surface area is 102 Å². The highest BCUT2D eigenvalue weighted by molar-refractivity contribution is 7.79. The Hall–Kier alpha value is -1.11. The number of nitrogens with zero attached hydrogens (tertiary/aromatic N) is 1. The summed E-state index contributed by atoms with van der Waals surface area (Å²) < 4.78 is 0.